The Labute approximate surface area is 176 Å². The highest BCUT2D eigenvalue weighted by atomic mass is 16.7. The molecule has 0 saturated carbocycles. The molecule has 3 rings (SSSR count). The first-order valence-electron chi connectivity index (χ1n) is 8.64. The van der Waals surface area contributed by atoms with E-state index in [0.29, 0.717) is 5.56 Å². The van der Waals surface area contributed by atoms with E-state index in [4.69, 9.17) is 61.3 Å². The van der Waals surface area contributed by atoms with Crippen molar-refractivity contribution >= 4 is 59.1 Å². The Morgan fingerprint density at radius 2 is 1.62 bits per heavy atom. The highest BCUT2D eigenvalue weighted by Crippen LogP contribution is 2.52. The van der Waals surface area contributed by atoms with Gasteiger partial charge in [-0.2, -0.15) is 0 Å². The van der Waals surface area contributed by atoms with Gasteiger partial charge in [-0.05, 0) is 16.4 Å². The number of hydrogen-bond donors (Lipinski definition) is 1. The molecule has 2 saturated heterocycles. The normalized spacial score (nSPS) is 26.1. The van der Waals surface area contributed by atoms with Crippen LogP contribution in [0.4, 0.5) is 4.79 Å². The van der Waals surface area contributed by atoms with E-state index in [9.17, 15) is 14.7 Å². The van der Waals surface area contributed by atoms with Crippen molar-refractivity contribution in [2.75, 3.05) is 6.54 Å². The van der Waals surface area contributed by atoms with E-state index in [2.05, 4.69) is 0 Å². The third-order valence-corrected chi connectivity index (χ3v) is 5.02. The summed E-state index contributed by atoms with van der Waals surface area (Å²) in [6.07, 6.45) is -1.30. The zero-order chi connectivity index (χ0) is 21.7. The summed E-state index contributed by atoms with van der Waals surface area (Å²) in [6, 6.07) is 7.46. The van der Waals surface area contributed by atoms with Gasteiger partial charge in [-0.25, -0.2) is 9.59 Å². The van der Waals surface area contributed by atoms with Crippen LogP contribution < -0.4 is 0 Å². The van der Waals surface area contributed by atoms with Crippen LogP contribution in [0.15, 0.2) is 30.3 Å². The smallest absolute Gasteiger partial charge is 0.411 e. The summed E-state index contributed by atoms with van der Waals surface area (Å²) < 4.78 is 16.2. The molecule has 1 atom stereocenters. The van der Waals surface area contributed by atoms with Crippen molar-refractivity contribution in [3.05, 3.63) is 35.9 Å². The van der Waals surface area contributed by atoms with Gasteiger partial charge in [-0.1, -0.05) is 35.5 Å². The minimum absolute atomic E-state index is 0.0681. The van der Waals surface area contributed by atoms with Gasteiger partial charge < -0.3 is 19.3 Å². The number of amides is 1. The number of benzene rings is 1. The first-order valence-corrected chi connectivity index (χ1v) is 8.64. The van der Waals surface area contributed by atoms with Crippen LogP contribution in [0.3, 0.4) is 0 Å². The van der Waals surface area contributed by atoms with Crippen molar-refractivity contribution in [3.63, 3.8) is 0 Å². The Hall–Kier alpha value is -1.73. The fourth-order valence-electron chi connectivity index (χ4n) is 3.31. The maximum Gasteiger partial charge on any atom is 0.411 e. The minimum atomic E-state index is -2.29. The third kappa shape index (κ3) is 3.87. The monoisotopic (exact) mass is 381 g/mol. The second-order valence-corrected chi connectivity index (χ2v) is 7.30. The van der Waals surface area contributed by atoms with Crippen molar-refractivity contribution in [1.29, 1.82) is 0 Å². The molecule has 0 bridgehead atoms. The van der Waals surface area contributed by atoms with Crippen LogP contribution >= 0.6 is 0 Å². The molecule has 1 aromatic carbocycles. The number of carboxylic acids is 1. The standard InChI is InChI=1S/C16H13B6NO6/c17-14(18)15(19,20)28-13(29-16(14,21)22)6-10(11(24)25)23(8-13)12(26)27-7-9-4-2-1-3-5-9/h1-5,10H,6-8H2,(H,24,25)/t10-/m0/s1. The van der Waals surface area contributed by atoms with Crippen LogP contribution in [0.2, 0.25) is 5.21 Å². The Balaban J connectivity index is 1.82. The Morgan fingerprint density at radius 3 is 2.14 bits per heavy atom. The first-order chi connectivity index (χ1) is 13.3. The van der Waals surface area contributed by atoms with Gasteiger partial charge in [0.05, 0.1) is 53.6 Å². The van der Waals surface area contributed by atoms with E-state index in [0.717, 1.165) is 4.90 Å². The van der Waals surface area contributed by atoms with Gasteiger partial charge in [0.25, 0.3) is 0 Å². The van der Waals surface area contributed by atoms with E-state index in [-0.39, 0.29) is 13.0 Å². The molecule has 136 valence electrons. The van der Waals surface area contributed by atoms with Crippen molar-refractivity contribution < 1.29 is 28.9 Å². The van der Waals surface area contributed by atoms with Gasteiger partial charge in [-0.3, -0.25) is 4.90 Å². The Bertz CT molecular complexity index is 784. The molecular weight excluding hydrogens is 367 g/mol. The lowest BCUT2D eigenvalue weighted by atomic mass is 9.24. The lowest BCUT2D eigenvalue weighted by molar-refractivity contribution is -0.305. The van der Waals surface area contributed by atoms with E-state index < -0.39 is 46.4 Å². The van der Waals surface area contributed by atoms with E-state index >= 15 is 0 Å². The van der Waals surface area contributed by atoms with Crippen LogP contribution in [0, 0.1) is 0 Å². The Kier molecular flexibility index (Phi) is 5.45. The quantitative estimate of drug-likeness (QED) is 0.654. The average Bonchev–Trinajstić information content (AvgIpc) is 2.97. The largest absolute Gasteiger partial charge is 0.480 e. The number of aliphatic carboxylic acids is 1. The average molecular weight is 380 g/mol. The predicted octanol–water partition coefficient (Wildman–Crippen LogP) is -1.34. The predicted molar refractivity (Wildman–Crippen MR) is 107 cm³/mol. The first kappa shape index (κ1) is 22.0. The van der Waals surface area contributed by atoms with Gasteiger partial charge in [0.2, 0.25) is 0 Å². The zero-order valence-corrected chi connectivity index (χ0v) is 15.5. The van der Waals surface area contributed by atoms with Gasteiger partial charge in [0.15, 0.2) is 5.79 Å². The lowest BCUT2D eigenvalue weighted by Gasteiger charge is -2.63. The van der Waals surface area contributed by atoms with Crippen LogP contribution in [0.1, 0.15) is 12.0 Å². The summed E-state index contributed by atoms with van der Waals surface area (Å²) >= 11 is 0. The summed E-state index contributed by atoms with van der Waals surface area (Å²) in [5, 5.41) is 2.75. The molecule has 2 heterocycles. The maximum absolute atomic E-state index is 12.6. The highest BCUT2D eigenvalue weighted by molar-refractivity contribution is 6.61. The van der Waals surface area contributed by atoms with E-state index in [1.54, 1.807) is 30.3 Å². The molecule has 1 N–H and O–H groups in total. The summed E-state index contributed by atoms with van der Waals surface area (Å²) in [5.74, 6) is -3.19. The highest BCUT2D eigenvalue weighted by Gasteiger charge is 2.62. The molecule has 0 aliphatic carbocycles. The van der Waals surface area contributed by atoms with E-state index in [1.165, 1.54) is 0 Å². The summed E-state index contributed by atoms with van der Waals surface area (Å²) in [5.41, 5.74) is 0.716. The molecule has 2 aliphatic heterocycles. The molecule has 29 heavy (non-hydrogen) atoms. The van der Waals surface area contributed by atoms with Crippen LogP contribution in [0.25, 0.3) is 0 Å². The molecule has 12 radical (unpaired) electrons. The fraction of sp³-hybridized carbons (Fsp3) is 0.500. The zero-order valence-electron chi connectivity index (χ0n) is 15.5. The molecule has 2 fully saturated rings. The number of likely N-dealkylation sites (tertiary alicyclic amines) is 1. The van der Waals surface area contributed by atoms with Crippen LogP contribution in [0.5, 0.6) is 0 Å². The number of rotatable bonds is 3. The number of carboxylic acid groups (broad SMARTS) is 1. The molecule has 1 spiro atoms. The molecular formula is C16H13B6NO6. The summed E-state index contributed by atoms with van der Waals surface area (Å²) in [4.78, 5) is 25.2. The number of nitrogens with zero attached hydrogens (tertiary/aromatic N) is 1. The van der Waals surface area contributed by atoms with Gasteiger partial charge >= 0.3 is 12.1 Å². The lowest BCUT2D eigenvalue weighted by Crippen LogP contribution is -2.72. The van der Waals surface area contributed by atoms with Crippen molar-refractivity contribution in [2.45, 2.75) is 40.9 Å². The number of ether oxygens (including phenoxy) is 3. The van der Waals surface area contributed by atoms with Crippen LogP contribution in [-0.2, 0) is 25.6 Å². The van der Waals surface area contributed by atoms with Crippen molar-refractivity contribution in [3.8, 4) is 0 Å². The van der Waals surface area contributed by atoms with Crippen LogP contribution in [-0.4, -0.2) is 98.3 Å². The van der Waals surface area contributed by atoms with Crippen molar-refractivity contribution in [1.82, 2.24) is 4.90 Å². The third-order valence-electron chi connectivity index (χ3n) is 5.02. The van der Waals surface area contributed by atoms with Gasteiger partial charge in [-0.15, -0.1) is 0 Å². The maximum atomic E-state index is 12.6. The molecule has 0 unspecified atom stereocenters. The molecule has 1 aromatic rings. The number of carbonyl (C=O) groups excluding carboxylic acids is 1. The second kappa shape index (κ2) is 7.20. The van der Waals surface area contributed by atoms with E-state index in [1.807, 2.05) is 0 Å². The molecule has 2 aliphatic rings. The second-order valence-electron chi connectivity index (χ2n) is 7.30. The summed E-state index contributed by atoms with van der Waals surface area (Å²) in [7, 11) is 35.0. The molecule has 1 amide bonds. The van der Waals surface area contributed by atoms with Gasteiger partial charge in [0.1, 0.15) is 12.6 Å². The topological polar surface area (TPSA) is 85.3 Å². The SMILES string of the molecule is [B]C1([B])OC2(C[C@@H](C(=O)O)N(C(=O)OCc3ccccc3)C2)OC([B])([B])C1([B])[B]. The summed E-state index contributed by atoms with van der Waals surface area (Å²) in [6.45, 7) is -0.499. The van der Waals surface area contributed by atoms with Crippen molar-refractivity contribution in [2.24, 2.45) is 0 Å². The molecule has 13 heteroatoms. The number of hydrogen-bond acceptors (Lipinski definition) is 5. The molecule has 7 nitrogen and oxygen atoms in total. The minimum Gasteiger partial charge on any atom is -0.480 e. The Morgan fingerprint density at radius 1 is 1.07 bits per heavy atom. The number of carbonyl (C=O) groups is 2. The van der Waals surface area contributed by atoms with Gasteiger partial charge in [0, 0.05) is 6.42 Å². The molecule has 0 aromatic heterocycles. The fourth-order valence-corrected chi connectivity index (χ4v) is 3.31.